The van der Waals surface area contributed by atoms with E-state index in [1.807, 2.05) is 18.4 Å². The highest BCUT2D eigenvalue weighted by Crippen LogP contribution is 2.25. The molecule has 0 aliphatic carbocycles. The summed E-state index contributed by atoms with van der Waals surface area (Å²) in [4.78, 5) is 12.7. The van der Waals surface area contributed by atoms with Gasteiger partial charge in [-0.15, -0.1) is 10.2 Å². The maximum Gasteiger partial charge on any atom is 0.242 e. The molecule has 0 radical (unpaired) electrons. The fraction of sp³-hybridized carbons (Fsp3) is 0.438. The molecule has 0 saturated carbocycles. The Hall–Kier alpha value is -1.91. The first-order chi connectivity index (χ1) is 12.2. The van der Waals surface area contributed by atoms with Crippen molar-refractivity contribution < 1.29 is 13.2 Å². The van der Waals surface area contributed by atoms with E-state index in [1.165, 1.54) is 38.0 Å². The minimum absolute atomic E-state index is 0.134. The van der Waals surface area contributed by atoms with Crippen LogP contribution in [0.25, 0.3) is 0 Å². The molecule has 1 amide bonds. The molecule has 1 unspecified atom stereocenters. The van der Waals surface area contributed by atoms with Gasteiger partial charge in [0.2, 0.25) is 15.9 Å². The van der Waals surface area contributed by atoms with Crippen LogP contribution in [0.3, 0.4) is 0 Å². The fourth-order valence-electron chi connectivity index (χ4n) is 2.11. The maximum absolute atomic E-state index is 12.5. The quantitative estimate of drug-likeness (QED) is 0.718. The average molecular weight is 398 g/mol. The number of thioether (sulfide) groups is 1. The molecule has 1 heterocycles. The van der Waals surface area contributed by atoms with E-state index < -0.39 is 15.3 Å². The van der Waals surface area contributed by atoms with Gasteiger partial charge >= 0.3 is 0 Å². The van der Waals surface area contributed by atoms with E-state index in [0.29, 0.717) is 17.4 Å². The van der Waals surface area contributed by atoms with E-state index in [0.717, 1.165) is 9.87 Å². The molecule has 142 valence electrons. The van der Waals surface area contributed by atoms with Gasteiger partial charge in [0.25, 0.3) is 0 Å². The number of anilines is 1. The van der Waals surface area contributed by atoms with E-state index in [-0.39, 0.29) is 10.8 Å². The number of rotatable bonds is 7. The van der Waals surface area contributed by atoms with Crippen LogP contribution in [0.5, 0.6) is 0 Å². The van der Waals surface area contributed by atoms with Gasteiger partial charge in [-0.05, 0) is 38.5 Å². The summed E-state index contributed by atoms with van der Waals surface area (Å²) in [6.07, 6.45) is 1.62. The molecule has 0 spiro atoms. The summed E-state index contributed by atoms with van der Waals surface area (Å²) in [5.74, 6) is -0.233. The SMILES string of the molecule is CCn1cnnc1SC(C)C(=O)Nc1cc(S(=O)(=O)N(C)C)ccc1C. The van der Waals surface area contributed by atoms with Gasteiger partial charge in [-0.25, -0.2) is 12.7 Å². The zero-order valence-electron chi connectivity index (χ0n) is 15.4. The number of amides is 1. The average Bonchev–Trinajstić information content (AvgIpc) is 3.03. The molecule has 0 saturated heterocycles. The fourth-order valence-corrected chi connectivity index (χ4v) is 3.92. The first-order valence-electron chi connectivity index (χ1n) is 8.05. The highest BCUT2D eigenvalue weighted by Gasteiger charge is 2.21. The van der Waals surface area contributed by atoms with Gasteiger partial charge in [0.05, 0.1) is 10.1 Å². The lowest BCUT2D eigenvalue weighted by Crippen LogP contribution is -2.25. The zero-order chi connectivity index (χ0) is 19.5. The topological polar surface area (TPSA) is 97.2 Å². The second kappa shape index (κ2) is 8.19. The number of nitrogens with zero attached hydrogens (tertiary/aromatic N) is 4. The smallest absolute Gasteiger partial charge is 0.242 e. The molecule has 26 heavy (non-hydrogen) atoms. The Balaban J connectivity index is 2.18. The van der Waals surface area contributed by atoms with Gasteiger partial charge in [-0.1, -0.05) is 17.8 Å². The van der Waals surface area contributed by atoms with Gasteiger partial charge in [0.1, 0.15) is 6.33 Å². The Bertz CT molecular complexity index is 893. The van der Waals surface area contributed by atoms with Crippen LogP contribution in [-0.2, 0) is 21.4 Å². The number of hydrogen-bond donors (Lipinski definition) is 1. The summed E-state index contributed by atoms with van der Waals surface area (Å²) in [6, 6.07) is 4.69. The van der Waals surface area contributed by atoms with E-state index in [9.17, 15) is 13.2 Å². The van der Waals surface area contributed by atoms with Crippen LogP contribution >= 0.6 is 11.8 Å². The van der Waals surface area contributed by atoms with Gasteiger partial charge < -0.3 is 9.88 Å². The standard InChI is InChI=1S/C16H23N5O3S2/c1-6-21-10-17-19-16(21)25-12(3)15(22)18-14-9-13(8-7-11(14)2)26(23,24)20(4)5/h7-10,12H,6H2,1-5H3,(H,18,22). The molecular weight excluding hydrogens is 374 g/mol. The summed E-state index contributed by atoms with van der Waals surface area (Å²) in [7, 11) is -0.630. The van der Waals surface area contributed by atoms with Crippen molar-refractivity contribution in [2.75, 3.05) is 19.4 Å². The van der Waals surface area contributed by atoms with E-state index in [2.05, 4.69) is 15.5 Å². The van der Waals surface area contributed by atoms with Crippen molar-refractivity contribution in [1.82, 2.24) is 19.1 Å². The summed E-state index contributed by atoms with van der Waals surface area (Å²) in [6.45, 7) is 6.27. The summed E-state index contributed by atoms with van der Waals surface area (Å²) < 4.78 is 27.6. The first kappa shape index (κ1) is 20.4. The Morgan fingerprint density at radius 1 is 1.38 bits per heavy atom. The Kier molecular flexibility index (Phi) is 6.43. The number of sulfonamides is 1. The molecule has 1 N–H and O–H groups in total. The van der Waals surface area contributed by atoms with Crippen molar-refractivity contribution in [3.8, 4) is 0 Å². The van der Waals surface area contributed by atoms with Gasteiger partial charge in [-0.2, -0.15) is 0 Å². The maximum atomic E-state index is 12.5. The first-order valence-corrected chi connectivity index (χ1v) is 10.4. The third-order valence-corrected chi connectivity index (χ3v) is 6.72. The van der Waals surface area contributed by atoms with Crippen LogP contribution in [0.2, 0.25) is 0 Å². The van der Waals surface area contributed by atoms with Gasteiger partial charge in [0.15, 0.2) is 5.16 Å². The van der Waals surface area contributed by atoms with Crippen LogP contribution in [0.1, 0.15) is 19.4 Å². The molecule has 0 fully saturated rings. The van der Waals surface area contributed by atoms with Crippen molar-refractivity contribution in [3.63, 3.8) is 0 Å². The van der Waals surface area contributed by atoms with Crippen LogP contribution in [0, 0.1) is 6.92 Å². The third-order valence-electron chi connectivity index (χ3n) is 3.82. The monoisotopic (exact) mass is 397 g/mol. The van der Waals surface area contributed by atoms with E-state index in [4.69, 9.17) is 0 Å². The zero-order valence-corrected chi connectivity index (χ0v) is 17.1. The molecule has 0 aliphatic rings. The molecule has 2 rings (SSSR count). The number of nitrogens with one attached hydrogen (secondary N) is 1. The Morgan fingerprint density at radius 3 is 2.69 bits per heavy atom. The van der Waals surface area contributed by atoms with Crippen LogP contribution in [-0.4, -0.2) is 52.7 Å². The molecule has 1 aromatic heterocycles. The molecule has 2 aromatic rings. The van der Waals surface area contributed by atoms with Crippen molar-refractivity contribution in [1.29, 1.82) is 0 Å². The number of hydrogen-bond acceptors (Lipinski definition) is 6. The molecule has 8 nitrogen and oxygen atoms in total. The molecule has 0 aliphatic heterocycles. The molecular formula is C16H23N5O3S2. The molecule has 10 heteroatoms. The largest absolute Gasteiger partial charge is 0.325 e. The lowest BCUT2D eigenvalue weighted by molar-refractivity contribution is -0.115. The van der Waals surface area contributed by atoms with Crippen molar-refractivity contribution in [2.45, 2.75) is 42.6 Å². The minimum atomic E-state index is -3.57. The second-order valence-corrected chi connectivity index (χ2v) is 9.37. The second-order valence-electron chi connectivity index (χ2n) is 5.91. The van der Waals surface area contributed by atoms with Crippen molar-refractivity contribution in [3.05, 3.63) is 30.1 Å². The van der Waals surface area contributed by atoms with Crippen molar-refractivity contribution in [2.24, 2.45) is 0 Å². The highest BCUT2D eigenvalue weighted by atomic mass is 32.2. The number of benzene rings is 1. The summed E-state index contributed by atoms with van der Waals surface area (Å²) in [5, 5.41) is 10.9. The Labute approximate surface area is 158 Å². The predicted octanol–water partition coefficient (Wildman–Crippen LogP) is 1.98. The lowest BCUT2D eigenvalue weighted by atomic mass is 10.2. The molecule has 1 atom stereocenters. The van der Waals surface area contributed by atoms with E-state index in [1.54, 1.807) is 19.3 Å². The molecule has 0 bridgehead atoms. The van der Waals surface area contributed by atoms with Crippen molar-refractivity contribution >= 4 is 33.4 Å². The molecule has 1 aromatic carbocycles. The number of carbonyl (C=O) groups is 1. The normalized spacial score (nSPS) is 13.0. The predicted molar refractivity (Wildman–Crippen MR) is 102 cm³/mol. The number of aryl methyl sites for hydroxylation is 2. The summed E-state index contributed by atoms with van der Waals surface area (Å²) >= 11 is 1.30. The highest BCUT2D eigenvalue weighted by molar-refractivity contribution is 8.00. The van der Waals surface area contributed by atoms with Gasteiger partial charge in [-0.3, -0.25) is 4.79 Å². The minimum Gasteiger partial charge on any atom is -0.325 e. The number of carbonyl (C=O) groups excluding carboxylic acids is 1. The third kappa shape index (κ3) is 4.43. The van der Waals surface area contributed by atoms with Crippen LogP contribution < -0.4 is 5.32 Å². The lowest BCUT2D eigenvalue weighted by Gasteiger charge is -2.16. The summed E-state index contributed by atoms with van der Waals surface area (Å²) in [5.41, 5.74) is 1.26. The van der Waals surface area contributed by atoms with Gasteiger partial charge in [0, 0.05) is 26.3 Å². The van der Waals surface area contributed by atoms with Crippen LogP contribution in [0.15, 0.2) is 34.6 Å². The van der Waals surface area contributed by atoms with Crippen LogP contribution in [0.4, 0.5) is 5.69 Å². The Morgan fingerprint density at radius 2 is 2.08 bits per heavy atom. The number of aromatic nitrogens is 3. The van der Waals surface area contributed by atoms with E-state index >= 15 is 0 Å².